The third kappa shape index (κ3) is 5.28. The highest BCUT2D eigenvalue weighted by Gasteiger charge is 2.09. The number of nitro benzene ring substituents is 1. The van der Waals surface area contributed by atoms with Crippen LogP contribution in [0.1, 0.15) is 18.1 Å². The van der Waals surface area contributed by atoms with Gasteiger partial charge in [-0.2, -0.15) is 5.10 Å². The van der Waals surface area contributed by atoms with Crippen LogP contribution in [-0.4, -0.2) is 28.8 Å². The molecule has 136 valence electrons. The summed E-state index contributed by atoms with van der Waals surface area (Å²) < 4.78 is 5.76. The van der Waals surface area contributed by atoms with Crippen molar-refractivity contribution in [1.82, 2.24) is 5.43 Å². The molecule has 8 nitrogen and oxygen atoms in total. The van der Waals surface area contributed by atoms with E-state index in [1.807, 2.05) is 0 Å². The summed E-state index contributed by atoms with van der Waals surface area (Å²) in [5.74, 6) is -0.0651. The molecule has 0 aliphatic carbocycles. The first-order valence-electron chi connectivity index (χ1n) is 7.61. The molecule has 0 aromatic heterocycles. The summed E-state index contributed by atoms with van der Waals surface area (Å²) in [6.45, 7) is 2.19. The van der Waals surface area contributed by atoms with E-state index >= 15 is 0 Å². The number of nitrogens with zero attached hydrogens (tertiary/aromatic N) is 2. The van der Waals surface area contributed by atoms with Gasteiger partial charge in [-0.3, -0.25) is 14.9 Å². The number of hydrogen-bond acceptors (Lipinski definition) is 6. The topological polar surface area (TPSA) is 114 Å². The van der Waals surface area contributed by atoms with E-state index in [-0.39, 0.29) is 23.8 Å². The quantitative estimate of drug-likeness (QED) is 0.404. The maximum Gasteiger partial charge on any atom is 0.269 e. The van der Waals surface area contributed by atoms with Gasteiger partial charge in [-0.25, -0.2) is 5.43 Å². The van der Waals surface area contributed by atoms with Crippen LogP contribution in [0.2, 0.25) is 0 Å². The molecule has 2 aromatic rings. The summed E-state index contributed by atoms with van der Waals surface area (Å²) in [5, 5.41) is 24.3. The Morgan fingerprint density at radius 3 is 2.69 bits per heavy atom. The number of nitro groups is 1. The zero-order valence-corrected chi connectivity index (χ0v) is 15.4. The second kappa shape index (κ2) is 8.95. The van der Waals surface area contributed by atoms with Crippen LogP contribution >= 0.6 is 15.9 Å². The summed E-state index contributed by atoms with van der Waals surface area (Å²) in [5.41, 5.74) is 3.60. The Bertz CT molecular complexity index is 837. The molecule has 2 aromatic carbocycles. The summed E-state index contributed by atoms with van der Waals surface area (Å²) >= 11 is 3.22. The number of halogens is 1. The molecule has 26 heavy (non-hydrogen) atoms. The minimum absolute atomic E-state index is 0.00814. The molecular formula is C17H16BrN3O5. The number of carbonyl (C=O) groups excluding carboxylic acids is 1. The van der Waals surface area contributed by atoms with Crippen LogP contribution in [0.5, 0.6) is 11.5 Å². The van der Waals surface area contributed by atoms with Crippen molar-refractivity contribution in [2.75, 3.05) is 6.61 Å². The van der Waals surface area contributed by atoms with Gasteiger partial charge in [-0.1, -0.05) is 12.1 Å². The van der Waals surface area contributed by atoms with E-state index in [0.717, 1.165) is 0 Å². The predicted molar refractivity (Wildman–Crippen MR) is 99.5 cm³/mol. The Balaban J connectivity index is 1.97. The number of nitrogens with one attached hydrogen (secondary N) is 1. The van der Waals surface area contributed by atoms with Gasteiger partial charge in [-0.15, -0.1) is 0 Å². The van der Waals surface area contributed by atoms with Crippen LogP contribution in [0.3, 0.4) is 0 Å². The second-order valence-electron chi connectivity index (χ2n) is 5.18. The van der Waals surface area contributed by atoms with Gasteiger partial charge in [0.1, 0.15) is 0 Å². The first-order valence-corrected chi connectivity index (χ1v) is 8.40. The standard InChI is InChI=1S/C17H16BrN3O5/c1-2-26-15-8-12(7-14(18)17(15)23)10-19-20-16(22)9-11-3-5-13(6-4-11)21(24)25/h3-8,10,23H,2,9H2,1H3,(H,20,22)/b19-10-. The average Bonchev–Trinajstić information content (AvgIpc) is 2.60. The number of phenolic OH excluding ortho intramolecular Hbond substituents is 1. The van der Waals surface area contributed by atoms with Gasteiger partial charge in [0.15, 0.2) is 11.5 Å². The van der Waals surface area contributed by atoms with E-state index in [2.05, 4.69) is 26.5 Å². The Morgan fingerprint density at radius 2 is 2.08 bits per heavy atom. The average molecular weight is 422 g/mol. The van der Waals surface area contributed by atoms with Crippen LogP contribution < -0.4 is 10.2 Å². The van der Waals surface area contributed by atoms with Crippen LogP contribution in [-0.2, 0) is 11.2 Å². The SMILES string of the molecule is CCOc1cc(/C=N\NC(=O)Cc2ccc([N+](=O)[O-])cc2)cc(Br)c1O. The van der Waals surface area contributed by atoms with Crippen molar-refractivity contribution in [3.63, 3.8) is 0 Å². The molecule has 0 atom stereocenters. The highest BCUT2D eigenvalue weighted by molar-refractivity contribution is 9.10. The van der Waals surface area contributed by atoms with Gasteiger partial charge in [0, 0.05) is 12.1 Å². The van der Waals surface area contributed by atoms with Gasteiger partial charge in [0.2, 0.25) is 5.91 Å². The van der Waals surface area contributed by atoms with E-state index in [1.54, 1.807) is 19.1 Å². The molecule has 1 amide bonds. The number of aromatic hydroxyl groups is 1. The normalized spacial score (nSPS) is 10.7. The molecule has 0 heterocycles. The predicted octanol–water partition coefficient (Wildman–Crippen LogP) is 3.15. The molecule has 0 radical (unpaired) electrons. The lowest BCUT2D eigenvalue weighted by atomic mass is 10.1. The van der Waals surface area contributed by atoms with Crippen LogP contribution in [0.15, 0.2) is 46.0 Å². The Hall–Kier alpha value is -2.94. The number of hydrogen-bond donors (Lipinski definition) is 2. The van der Waals surface area contributed by atoms with E-state index in [1.165, 1.54) is 30.5 Å². The third-order valence-electron chi connectivity index (χ3n) is 3.27. The van der Waals surface area contributed by atoms with Crippen molar-refractivity contribution >= 4 is 33.7 Å². The number of benzene rings is 2. The maximum absolute atomic E-state index is 11.9. The first kappa shape index (κ1) is 19.4. The highest BCUT2D eigenvalue weighted by Crippen LogP contribution is 2.35. The molecule has 0 bridgehead atoms. The monoisotopic (exact) mass is 421 g/mol. The van der Waals surface area contributed by atoms with Crippen molar-refractivity contribution in [1.29, 1.82) is 0 Å². The van der Waals surface area contributed by atoms with Crippen molar-refractivity contribution in [3.05, 3.63) is 62.1 Å². The molecular weight excluding hydrogens is 406 g/mol. The molecule has 0 fully saturated rings. The zero-order valence-electron chi connectivity index (χ0n) is 13.8. The highest BCUT2D eigenvalue weighted by atomic mass is 79.9. The van der Waals surface area contributed by atoms with Crippen molar-refractivity contribution in [2.24, 2.45) is 5.10 Å². The smallest absolute Gasteiger partial charge is 0.269 e. The molecule has 0 spiro atoms. The van der Waals surface area contributed by atoms with Gasteiger partial charge in [0.05, 0.1) is 28.6 Å². The van der Waals surface area contributed by atoms with Gasteiger partial charge in [0.25, 0.3) is 5.69 Å². The Labute approximate surface area is 157 Å². The van der Waals surface area contributed by atoms with Crippen molar-refractivity contribution in [3.8, 4) is 11.5 Å². The first-order chi connectivity index (χ1) is 12.4. The number of amides is 1. The van der Waals surface area contributed by atoms with Crippen LogP contribution in [0.4, 0.5) is 5.69 Å². The maximum atomic E-state index is 11.9. The van der Waals surface area contributed by atoms with Gasteiger partial charge < -0.3 is 9.84 Å². The number of non-ortho nitro benzene ring substituents is 1. The van der Waals surface area contributed by atoms with E-state index in [9.17, 15) is 20.0 Å². The van der Waals surface area contributed by atoms with E-state index in [0.29, 0.717) is 28.0 Å². The molecule has 0 aliphatic rings. The zero-order chi connectivity index (χ0) is 19.1. The van der Waals surface area contributed by atoms with Gasteiger partial charge >= 0.3 is 0 Å². The lowest BCUT2D eigenvalue weighted by molar-refractivity contribution is -0.384. The summed E-state index contributed by atoms with van der Waals surface area (Å²) in [7, 11) is 0. The lowest BCUT2D eigenvalue weighted by Gasteiger charge is -2.08. The molecule has 0 aliphatic heterocycles. The van der Waals surface area contributed by atoms with Gasteiger partial charge in [-0.05, 0) is 46.1 Å². The molecule has 0 saturated carbocycles. The van der Waals surface area contributed by atoms with Crippen LogP contribution in [0.25, 0.3) is 0 Å². The number of carbonyl (C=O) groups is 1. The third-order valence-corrected chi connectivity index (χ3v) is 3.87. The summed E-state index contributed by atoms with van der Waals surface area (Å²) in [6.07, 6.45) is 1.46. The number of phenols is 1. The number of rotatable bonds is 7. The fourth-order valence-corrected chi connectivity index (χ4v) is 2.53. The minimum atomic E-state index is -0.500. The fourth-order valence-electron chi connectivity index (χ4n) is 2.07. The molecule has 9 heteroatoms. The molecule has 0 unspecified atom stereocenters. The van der Waals surface area contributed by atoms with Crippen molar-refractivity contribution < 1.29 is 19.6 Å². The largest absolute Gasteiger partial charge is 0.503 e. The number of hydrazone groups is 1. The van der Waals surface area contributed by atoms with E-state index in [4.69, 9.17) is 4.74 Å². The second-order valence-corrected chi connectivity index (χ2v) is 6.03. The number of ether oxygens (including phenoxy) is 1. The van der Waals surface area contributed by atoms with E-state index < -0.39 is 4.92 Å². The Morgan fingerprint density at radius 1 is 1.38 bits per heavy atom. The molecule has 0 saturated heterocycles. The summed E-state index contributed by atoms with van der Waals surface area (Å²) in [6, 6.07) is 8.95. The summed E-state index contributed by atoms with van der Waals surface area (Å²) in [4.78, 5) is 22.0. The molecule has 2 N–H and O–H groups in total. The molecule has 2 rings (SSSR count). The van der Waals surface area contributed by atoms with Crippen molar-refractivity contribution in [2.45, 2.75) is 13.3 Å². The minimum Gasteiger partial charge on any atom is -0.503 e. The fraction of sp³-hybridized carbons (Fsp3) is 0.176. The van der Waals surface area contributed by atoms with Crippen LogP contribution in [0, 0.1) is 10.1 Å². The Kier molecular flexibility index (Phi) is 6.67. The lowest BCUT2D eigenvalue weighted by Crippen LogP contribution is -2.19.